The quantitative estimate of drug-likeness (QED) is 0.746. The van der Waals surface area contributed by atoms with Gasteiger partial charge in [0.05, 0.1) is 12.7 Å². The minimum absolute atomic E-state index is 0. The Bertz CT molecular complexity index is 448. The van der Waals surface area contributed by atoms with E-state index in [0.29, 0.717) is 19.8 Å². The van der Waals surface area contributed by atoms with Crippen LogP contribution in [0.15, 0.2) is 30.3 Å². The molecule has 5 nitrogen and oxygen atoms in total. The minimum Gasteiger partial charge on any atom is -0.379 e. The predicted octanol–water partition coefficient (Wildman–Crippen LogP) is 1.59. The van der Waals surface area contributed by atoms with Gasteiger partial charge in [0.15, 0.2) is 0 Å². The number of carbonyl (C=O) groups is 1. The number of rotatable bonds is 7. The lowest BCUT2D eigenvalue weighted by atomic mass is 9.92. The van der Waals surface area contributed by atoms with Gasteiger partial charge < -0.3 is 20.5 Å². The number of nitrogens with one attached hydrogen (secondary N) is 1. The van der Waals surface area contributed by atoms with Crippen LogP contribution in [0, 0.1) is 0 Å². The summed E-state index contributed by atoms with van der Waals surface area (Å²) in [4.78, 5) is 12.2. The monoisotopic (exact) mass is 328 g/mol. The molecule has 1 aliphatic rings. The number of ether oxygens (including phenoxy) is 2. The summed E-state index contributed by atoms with van der Waals surface area (Å²) in [5.74, 6) is -0.169. The molecule has 0 bridgehead atoms. The SMILES string of the molecule is CC(N)(C(=O)NCCCOC1CCOC1)c1ccccc1.Cl. The van der Waals surface area contributed by atoms with Crippen LogP contribution in [0.4, 0.5) is 0 Å². The Labute approximate surface area is 138 Å². The first-order valence-electron chi connectivity index (χ1n) is 7.43. The summed E-state index contributed by atoms with van der Waals surface area (Å²) in [6, 6.07) is 9.39. The normalized spacial score (nSPS) is 20.0. The van der Waals surface area contributed by atoms with E-state index in [0.717, 1.165) is 25.0 Å². The van der Waals surface area contributed by atoms with E-state index in [-0.39, 0.29) is 24.4 Å². The second-order valence-electron chi connectivity index (χ2n) is 5.53. The first-order chi connectivity index (χ1) is 10.1. The molecule has 3 N–H and O–H groups in total. The minimum atomic E-state index is -1.01. The van der Waals surface area contributed by atoms with E-state index >= 15 is 0 Å². The second-order valence-corrected chi connectivity index (χ2v) is 5.53. The summed E-state index contributed by atoms with van der Waals surface area (Å²) in [5, 5.41) is 2.87. The third-order valence-electron chi connectivity index (χ3n) is 3.69. The zero-order chi connectivity index (χ0) is 15.1. The van der Waals surface area contributed by atoms with E-state index in [1.807, 2.05) is 30.3 Å². The molecule has 0 spiro atoms. The maximum atomic E-state index is 12.2. The van der Waals surface area contributed by atoms with E-state index < -0.39 is 5.54 Å². The van der Waals surface area contributed by atoms with E-state index in [9.17, 15) is 4.79 Å². The van der Waals surface area contributed by atoms with Crippen molar-refractivity contribution in [3.05, 3.63) is 35.9 Å². The van der Waals surface area contributed by atoms with Gasteiger partial charge in [-0.05, 0) is 25.3 Å². The van der Waals surface area contributed by atoms with Crippen molar-refractivity contribution in [2.24, 2.45) is 5.73 Å². The Morgan fingerprint density at radius 1 is 1.45 bits per heavy atom. The smallest absolute Gasteiger partial charge is 0.244 e. The van der Waals surface area contributed by atoms with Gasteiger partial charge in [0.2, 0.25) is 5.91 Å². The van der Waals surface area contributed by atoms with Crippen LogP contribution in [-0.2, 0) is 19.8 Å². The largest absolute Gasteiger partial charge is 0.379 e. The highest BCUT2D eigenvalue weighted by Gasteiger charge is 2.29. The number of benzene rings is 1. The molecular formula is C16H25ClN2O3. The van der Waals surface area contributed by atoms with Gasteiger partial charge in [-0.3, -0.25) is 4.79 Å². The highest BCUT2D eigenvalue weighted by Crippen LogP contribution is 2.17. The van der Waals surface area contributed by atoms with Crippen LogP contribution in [0.2, 0.25) is 0 Å². The molecule has 1 amide bonds. The molecule has 2 atom stereocenters. The molecule has 22 heavy (non-hydrogen) atoms. The Morgan fingerprint density at radius 3 is 2.82 bits per heavy atom. The van der Waals surface area contributed by atoms with Gasteiger partial charge in [0.1, 0.15) is 5.54 Å². The lowest BCUT2D eigenvalue weighted by Crippen LogP contribution is -2.49. The third-order valence-corrected chi connectivity index (χ3v) is 3.69. The van der Waals surface area contributed by atoms with Gasteiger partial charge >= 0.3 is 0 Å². The van der Waals surface area contributed by atoms with Crippen LogP contribution < -0.4 is 11.1 Å². The molecule has 1 aromatic carbocycles. The van der Waals surface area contributed by atoms with Gasteiger partial charge in [-0.15, -0.1) is 12.4 Å². The van der Waals surface area contributed by atoms with Crippen LogP contribution in [-0.4, -0.2) is 38.4 Å². The highest BCUT2D eigenvalue weighted by molar-refractivity contribution is 5.86. The Hall–Kier alpha value is -1.14. The van der Waals surface area contributed by atoms with Crippen molar-refractivity contribution in [1.29, 1.82) is 0 Å². The molecule has 0 saturated carbocycles. The summed E-state index contributed by atoms with van der Waals surface area (Å²) >= 11 is 0. The number of halogens is 1. The molecule has 1 fully saturated rings. The van der Waals surface area contributed by atoms with Crippen molar-refractivity contribution in [2.75, 3.05) is 26.4 Å². The van der Waals surface area contributed by atoms with Crippen molar-refractivity contribution < 1.29 is 14.3 Å². The van der Waals surface area contributed by atoms with Crippen molar-refractivity contribution in [3.63, 3.8) is 0 Å². The van der Waals surface area contributed by atoms with E-state index in [2.05, 4.69) is 5.32 Å². The van der Waals surface area contributed by atoms with E-state index in [1.54, 1.807) is 6.92 Å². The summed E-state index contributed by atoms with van der Waals surface area (Å²) in [7, 11) is 0. The second kappa shape index (κ2) is 9.10. The van der Waals surface area contributed by atoms with Gasteiger partial charge in [-0.1, -0.05) is 30.3 Å². The number of carbonyl (C=O) groups excluding carboxylic acids is 1. The predicted molar refractivity (Wildman–Crippen MR) is 88.0 cm³/mol. The van der Waals surface area contributed by atoms with Gasteiger partial charge in [0, 0.05) is 19.8 Å². The van der Waals surface area contributed by atoms with Crippen molar-refractivity contribution in [3.8, 4) is 0 Å². The van der Waals surface area contributed by atoms with E-state index in [1.165, 1.54) is 0 Å². The zero-order valence-corrected chi connectivity index (χ0v) is 13.7. The van der Waals surface area contributed by atoms with Crippen LogP contribution in [0.25, 0.3) is 0 Å². The van der Waals surface area contributed by atoms with Gasteiger partial charge in [0.25, 0.3) is 0 Å². The molecule has 1 heterocycles. The summed E-state index contributed by atoms with van der Waals surface area (Å²) < 4.78 is 10.9. The maximum absolute atomic E-state index is 12.2. The summed E-state index contributed by atoms with van der Waals surface area (Å²) in [6.07, 6.45) is 1.94. The van der Waals surface area contributed by atoms with Crippen molar-refractivity contribution in [1.82, 2.24) is 5.32 Å². The third kappa shape index (κ3) is 5.25. The number of nitrogens with two attached hydrogens (primary N) is 1. The van der Waals surface area contributed by atoms with E-state index in [4.69, 9.17) is 15.2 Å². The lowest BCUT2D eigenvalue weighted by molar-refractivity contribution is -0.126. The first-order valence-corrected chi connectivity index (χ1v) is 7.43. The maximum Gasteiger partial charge on any atom is 0.244 e. The standard InChI is InChI=1S/C16H24N2O3.ClH/c1-16(17,13-6-3-2-4-7-13)15(19)18-9-5-10-21-14-8-11-20-12-14;/h2-4,6-7,14H,5,8-12,17H2,1H3,(H,18,19);1H. The molecule has 2 unspecified atom stereocenters. The Kier molecular flexibility index (Phi) is 7.82. The average molecular weight is 329 g/mol. The van der Waals surface area contributed by atoms with Crippen LogP contribution in [0.5, 0.6) is 0 Å². The average Bonchev–Trinajstić information content (AvgIpc) is 3.01. The van der Waals surface area contributed by atoms with Gasteiger partial charge in [-0.25, -0.2) is 0 Å². The Balaban J connectivity index is 0.00000242. The van der Waals surface area contributed by atoms with Gasteiger partial charge in [-0.2, -0.15) is 0 Å². The summed E-state index contributed by atoms with van der Waals surface area (Å²) in [6.45, 7) is 4.38. The fourth-order valence-electron chi connectivity index (χ4n) is 2.27. The molecule has 0 radical (unpaired) electrons. The highest BCUT2D eigenvalue weighted by atomic mass is 35.5. The Morgan fingerprint density at radius 2 is 2.18 bits per heavy atom. The molecule has 1 aromatic rings. The molecule has 0 aromatic heterocycles. The first kappa shape index (κ1) is 18.9. The zero-order valence-electron chi connectivity index (χ0n) is 12.9. The molecule has 6 heteroatoms. The number of hydrogen-bond acceptors (Lipinski definition) is 4. The molecule has 1 saturated heterocycles. The van der Waals surface area contributed by atoms with Crippen molar-refractivity contribution in [2.45, 2.75) is 31.4 Å². The van der Waals surface area contributed by atoms with Crippen LogP contribution in [0.3, 0.4) is 0 Å². The molecular weight excluding hydrogens is 304 g/mol. The van der Waals surface area contributed by atoms with Crippen LogP contribution >= 0.6 is 12.4 Å². The van der Waals surface area contributed by atoms with Crippen molar-refractivity contribution >= 4 is 18.3 Å². The van der Waals surface area contributed by atoms with Crippen LogP contribution in [0.1, 0.15) is 25.3 Å². The molecule has 124 valence electrons. The molecule has 0 aliphatic carbocycles. The fraction of sp³-hybridized carbons (Fsp3) is 0.562. The molecule has 1 aliphatic heterocycles. The fourth-order valence-corrected chi connectivity index (χ4v) is 2.27. The lowest BCUT2D eigenvalue weighted by Gasteiger charge is -2.24. The summed E-state index contributed by atoms with van der Waals surface area (Å²) in [5.41, 5.74) is 5.93. The molecule has 2 rings (SSSR count). The number of amides is 1. The number of hydrogen-bond donors (Lipinski definition) is 2. The topological polar surface area (TPSA) is 73.6 Å².